The minimum Gasteiger partial charge on any atom is -0.546 e. The van der Waals surface area contributed by atoms with Crippen LogP contribution in [0.2, 0.25) is 0 Å². The van der Waals surface area contributed by atoms with Gasteiger partial charge < -0.3 is 23.9 Å². The summed E-state index contributed by atoms with van der Waals surface area (Å²) in [5.41, 5.74) is 5.54. The Morgan fingerprint density at radius 3 is 2.22 bits per heavy atom. The summed E-state index contributed by atoms with van der Waals surface area (Å²) < 4.78 is 14.2. The third-order valence-corrected chi connectivity index (χ3v) is 7.91. The van der Waals surface area contributed by atoms with Crippen LogP contribution < -0.4 is 44.1 Å². The molecule has 0 aliphatic heterocycles. The van der Waals surface area contributed by atoms with Crippen LogP contribution in [0.4, 0.5) is 0 Å². The second kappa shape index (κ2) is 15.3. The molecule has 1 heterocycles. The summed E-state index contributed by atoms with van der Waals surface area (Å²) in [6, 6.07) is 29.9. The zero-order valence-electron chi connectivity index (χ0n) is 24.3. The molecule has 1 fully saturated rings. The van der Waals surface area contributed by atoms with Gasteiger partial charge in [0.25, 0.3) is 0 Å². The summed E-state index contributed by atoms with van der Waals surface area (Å²) >= 11 is 0. The number of carboxylic acids is 1. The van der Waals surface area contributed by atoms with Crippen molar-refractivity contribution >= 4 is 5.97 Å². The average Bonchev–Trinajstić information content (AvgIpc) is 3.36. The second-order valence-corrected chi connectivity index (χ2v) is 10.9. The number of rotatable bonds is 12. The largest absolute Gasteiger partial charge is 1.00 e. The fourth-order valence-electron chi connectivity index (χ4n) is 5.55. The fraction of sp³-hybridized carbons (Fsp3) is 0.343. The van der Waals surface area contributed by atoms with E-state index in [0.29, 0.717) is 11.7 Å². The molecule has 0 unspecified atom stereocenters. The molecular formula is C35H38NNaO4. The molecule has 0 N–H and O–H groups in total. The van der Waals surface area contributed by atoms with Gasteiger partial charge in [-0.05, 0) is 97.3 Å². The van der Waals surface area contributed by atoms with Gasteiger partial charge in [0.2, 0.25) is 0 Å². The fourth-order valence-corrected chi connectivity index (χ4v) is 5.55. The summed E-state index contributed by atoms with van der Waals surface area (Å²) in [4.78, 5) is 11.7. The maximum Gasteiger partial charge on any atom is 1.00 e. The minimum absolute atomic E-state index is 0. The molecule has 1 atom stereocenters. The van der Waals surface area contributed by atoms with Crippen molar-refractivity contribution in [3.63, 3.8) is 0 Å². The van der Waals surface area contributed by atoms with E-state index in [0.717, 1.165) is 42.1 Å². The smallest absolute Gasteiger partial charge is 0.546 e. The SMILES string of the molecule is Cc1ccc(-c2ccc(O[C@H](Cc3ccccc3)C(=O)[O-])cc2)n1CCc1ccc(OCC2CCCCC2)cc1.[Na+]. The van der Waals surface area contributed by atoms with Crippen LogP contribution >= 0.6 is 0 Å². The molecule has 5 nitrogen and oxygen atoms in total. The maximum absolute atomic E-state index is 11.7. The van der Waals surface area contributed by atoms with Gasteiger partial charge in [0.15, 0.2) is 0 Å². The Hall–Kier alpha value is -2.99. The number of ether oxygens (including phenoxy) is 2. The third kappa shape index (κ3) is 8.75. The molecule has 0 bridgehead atoms. The van der Waals surface area contributed by atoms with Crippen molar-refractivity contribution < 1.29 is 48.9 Å². The van der Waals surface area contributed by atoms with Crippen LogP contribution in [0.3, 0.4) is 0 Å². The summed E-state index contributed by atoms with van der Waals surface area (Å²) in [5, 5.41) is 11.7. The van der Waals surface area contributed by atoms with E-state index >= 15 is 0 Å². The van der Waals surface area contributed by atoms with Crippen LogP contribution in [-0.4, -0.2) is 23.2 Å². The summed E-state index contributed by atoms with van der Waals surface area (Å²) in [6.45, 7) is 3.81. The van der Waals surface area contributed by atoms with E-state index in [-0.39, 0.29) is 36.0 Å². The molecular weight excluding hydrogens is 521 g/mol. The van der Waals surface area contributed by atoms with E-state index in [1.165, 1.54) is 43.4 Å². The van der Waals surface area contributed by atoms with Crippen molar-refractivity contribution in [2.24, 2.45) is 5.92 Å². The standard InChI is InChI=1S/C35H39NO4.Na/c1-26-12-21-33(30-15-19-32(20-16-30)40-34(35(37)38)24-28-8-4-2-5-9-28)36(26)23-22-27-13-17-31(18-14-27)39-25-29-10-6-3-7-11-29;/h2,4-5,8-9,12-21,29,34H,3,6-7,10-11,22-25H2,1H3,(H,37,38);/q;+1/p-1/t34-;/m1./s1. The molecule has 1 aliphatic carbocycles. The first-order valence-electron chi connectivity index (χ1n) is 14.4. The topological polar surface area (TPSA) is 63.5 Å². The first kappa shape index (κ1) is 31.0. The Kier molecular flexibility index (Phi) is 11.6. The number of aliphatic carboxylic acids is 1. The summed E-state index contributed by atoms with van der Waals surface area (Å²) in [5.74, 6) is 0.948. The predicted molar refractivity (Wildman–Crippen MR) is 156 cm³/mol. The quantitative estimate of drug-likeness (QED) is 0.250. The number of carbonyl (C=O) groups excluding carboxylic acids is 1. The number of nitrogens with zero attached hydrogens (tertiary/aromatic N) is 1. The Morgan fingerprint density at radius 2 is 1.54 bits per heavy atom. The number of benzene rings is 3. The van der Waals surface area contributed by atoms with Gasteiger partial charge in [-0.2, -0.15) is 0 Å². The molecule has 1 aromatic heterocycles. The molecule has 5 rings (SSSR count). The zero-order valence-corrected chi connectivity index (χ0v) is 26.3. The van der Waals surface area contributed by atoms with Gasteiger partial charge in [-0.25, -0.2) is 0 Å². The molecule has 0 spiro atoms. The van der Waals surface area contributed by atoms with Crippen molar-refractivity contribution in [3.05, 3.63) is 108 Å². The van der Waals surface area contributed by atoms with Crippen LogP contribution in [0.1, 0.15) is 48.9 Å². The Labute approximate surface area is 265 Å². The minimum atomic E-state index is -1.22. The summed E-state index contributed by atoms with van der Waals surface area (Å²) in [6.07, 6.45) is 6.74. The van der Waals surface area contributed by atoms with Crippen molar-refractivity contribution in [2.75, 3.05) is 6.61 Å². The molecule has 4 aromatic rings. The van der Waals surface area contributed by atoms with E-state index < -0.39 is 12.1 Å². The number of carbonyl (C=O) groups is 1. The number of aromatic nitrogens is 1. The number of hydrogen-bond donors (Lipinski definition) is 0. The van der Waals surface area contributed by atoms with Crippen molar-refractivity contribution in [1.82, 2.24) is 4.57 Å². The number of hydrogen-bond acceptors (Lipinski definition) is 4. The molecule has 6 heteroatoms. The van der Waals surface area contributed by atoms with Crippen LogP contribution in [0, 0.1) is 12.8 Å². The molecule has 1 saturated carbocycles. The monoisotopic (exact) mass is 559 g/mol. The van der Waals surface area contributed by atoms with E-state index in [1.54, 1.807) is 0 Å². The van der Waals surface area contributed by atoms with E-state index in [2.05, 4.69) is 47.9 Å². The molecule has 3 aromatic carbocycles. The van der Waals surface area contributed by atoms with Gasteiger partial charge in [0.05, 0.1) is 12.6 Å². The number of aryl methyl sites for hydroxylation is 2. The van der Waals surface area contributed by atoms with Crippen LogP contribution in [0.15, 0.2) is 91.0 Å². The van der Waals surface area contributed by atoms with Gasteiger partial charge in [-0.1, -0.05) is 61.7 Å². The van der Waals surface area contributed by atoms with E-state index in [4.69, 9.17) is 9.47 Å². The molecule has 0 saturated heterocycles. The molecule has 1 aliphatic rings. The van der Waals surface area contributed by atoms with Crippen molar-refractivity contribution in [2.45, 2.75) is 64.5 Å². The maximum atomic E-state index is 11.7. The van der Waals surface area contributed by atoms with Crippen LogP contribution in [-0.2, 0) is 24.2 Å². The van der Waals surface area contributed by atoms with Gasteiger partial charge in [-0.3, -0.25) is 0 Å². The van der Waals surface area contributed by atoms with E-state index in [9.17, 15) is 9.90 Å². The molecule has 41 heavy (non-hydrogen) atoms. The molecule has 0 radical (unpaired) electrons. The molecule has 208 valence electrons. The normalized spacial score (nSPS) is 14.2. The van der Waals surface area contributed by atoms with Gasteiger partial charge in [0.1, 0.15) is 17.6 Å². The summed E-state index contributed by atoms with van der Waals surface area (Å²) in [7, 11) is 0. The molecule has 0 amide bonds. The predicted octanol–water partition coefficient (Wildman–Crippen LogP) is 3.41. The average molecular weight is 560 g/mol. The first-order chi connectivity index (χ1) is 19.5. The Morgan fingerprint density at radius 1 is 0.854 bits per heavy atom. The van der Waals surface area contributed by atoms with Gasteiger partial charge >= 0.3 is 29.6 Å². The second-order valence-electron chi connectivity index (χ2n) is 10.9. The Balaban J connectivity index is 0.00000387. The van der Waals surface area contributed by atoms with Crippen molar-refractivity contribution in [3.8, 4) is 22.8 Å². The third-order valence-electron chi connectivity index (χ3n) is 7.91. The van der Waals surface area contributed by atoms with E-state index in [1.807, 2.05) is 54.6 Å². The van der Waals surface area contributed by atoms with Gasteiger partial charge in [0, 0.05) is 24.4 Å². The number of carboxylic acid groups (broad SMARTS) is 1. The van der Waals surface area contributed by atoms with Gasteiger partial charge in [-0.15, -0.1) is 0 Å². The van der Waals surface area contributed by atoms with Crippen LogP contribution in [0.25, 0.3) is 11.3 Å². The zero-order chi connectivity index (χ0) is 27.7. The first-order valence-corrected chi connectivity index (χ1v) is 14.4. The van der Waals surface area contributed by atoms with Crippen LogP contribution in [0.5, 0.6) is 11.5 Å². The van der Waals surface area contributed by atoms with Crippen molar-refractivity contribution in [1.29, 1.82) is 0 Å². The Bertz CT molecular complexity index is 1360.